The first kappa shape index (κ1) is 20.0. The lowest BCUT2D eigenvalue weighted by molar-refractivity contribution is 0.0351. The maximum absolute atomic E-state index is 12.9. The number of amides is 1. The number of anilines is 2. The fourth-order valence-corrected chi connectivity index (χ4v) is 3.56. The molecule has 0 bridgehead atoms. The number of ether oxygens (including phenoxy) is 1. The average Bonchev–Trinajstić information content (AvgIpc) is 3.25. The Labute approximate surface area is 175 Å². The van der Waals surface area contributed by atoms with E-state index in [-0.39, 0.29) is 11.7 Å². The molecule has 0 atom stereocenters. The molecular weight excluding hydrogens is 382 g/mol. The van der Waals surface area contributed by atoms with Gasteiger partial charge in [0.25, 0.3) is 5.91 Å². The molecule has 3 heterocycles. The van der Waals surface area contributed by atoms with E-state index >= 15 is 0 Å². The van der Waals surface area contributed by atoms with Crippen molar-refractivity contribution >= 4 is 17.3 Å². The number of nitrogens with one attached hydrogen (secondary N) is 1. The van der Waals surface area contributed by atoms with Crippen molar-refractivity contribution in [2.45, 2.75) is 25.4 Å². The molecule has 7 nitrogen and oxygen atoms in total. The van der Waals surface area contributed by atoms with Crippen molar-refractivity contribution in [2.75, 3.05) is 30.4 Å². The van der Waals surface area contributed by atoms with Gasteiger partial charge in [0, 0.05) is 37.1 Å². The van der Waals surface area contributed by atoms with Crippen LogP contribution in [0.2, 0.25) is 0 Å². The van der Waals surface area contributed by atoms with E-state index in [0.717, 1.165) is 11.3 Å². The molecule has 1 fully saturated rings. The van der Waals surface area contributed by atoms with E-state index in [2.05, 4.69) is 15.2 Å². The number of carbonyl (C=O) groups is 1. The lowest BCUT2D eigenvalue weighted by Crippen LogP contribution is -2.42. The number of benzene rings is 1. The molecule has 3 aromatic rings. The minimum atomic E-state index is -0.649. The van der Waals surface area contributed by atoms with Crippen LogP contribution >= 0.6 is 0 Å². The summed E-state index contributed by atoms with van der Waals surface area (Å²) in [5, 5.41) is 13.2. The zero-order valence-corrected chi connectivity index (χ0v) is 17.1. The largest absolute Gasteiger partial charge is 0.497 e. The summed E-state index contributed by atoms with van der Waals surface area (Å²) in [7, 11) is 1.59. The second-order valence-corrected chi connectivity index (χ2v) is 7.72. The zero-order valence-electron chi connectivity index (χ0n) is 17.1. The predicted molar refractivity (Wildman–Crippen MR) is 115 cm³/mol. The fourth-order valence-electron chi connectivity index (χ4n) is 3.56. The summed E-state index contributed by atoms with van der Waals surface area (Å²) in [5.74, 6) is 1.13. The van der Waals surface area contributed by atoms with Crippen LogP contribution in [0.15, 0.2) is 59.3 Å². The third kappa shape index (κ3) is 4.31. The number of rotatable bonds is 5. The molecule has 0 unspecified atom stereocenters. The smallest absolute Gasteiger partial charge is 0.291 e. The lowest BCUT2D eigenvalue weighted by Gasteiger charge is -2.38. The number of hydrogen-bond acceptors (Lipinski definition) is 6. The molecule has 1 aromatic carbocycles. The molecule has 1 aliphatic heterocycles. The third-order valence-electron chi connectivity index (χ3n) is 5.43. The maximum atomic E-state index is 12.9. The minimum Gasteiger partial charge on any atom is -0.497 e. The number of carbonyl (C=O) groups excluding carboxylic acids is 1. The van der Waals surface area contributed by atoms with Gasteiger partial charge in [-0.3, -0.25) is 9.78 Å². The van der Waals surface area contributed by atoms with Gasteiger partial charge in [0.2, 0.25) is 0 Å². The number of furan rings is 1. The van der Waals surface area contributed by atoms with E-state index in [9.17, 15) is 9.90 Å². The van der Waals surface area contributed by atoms with Crippen LogP contribution in [0.4, 0.5) is 11.4 Å². The van der Waals surface area contributed by atoms with Gasteiger partial charge < -0.3 is 24.5 Å². The molecule has 30 heavy (non-hydrogen) atoms. The highest BCUT2D eigenvalue weighted by atomic mass is 16.5. The molecule has 1 saturated heterocycles. The average molecular weight is 407 g/mol. The highest BCUT2D eigenvalue weighted by molar-refractivity contribution is 6.04. The molecule has 1 amide bonds. The SMILES string of the molecule is COc1ccc(N2CCC(C)(O)CC2)c(NC(=O)c2ccc(-c3ccncc3)o2)c1. The van der Waals surface area contributed by atoms with Crippen LogP contribution in [0, 0.1) is 0 Å². The molecule has 0 radical (unpaired) electrons. The van der Waals surface area contributed by atoms with Gasteiger partial charge >= 0.3 is 0 Å². The summed E-state index contributed by atoms with van der Waals surface area (Å²) < 4.78 is 11.1. The number of hydrogen-bond donors (Lipinski definition) is 2. The van der Waals surface area contributed by atoms with Crippen LogP contribution < -0.4 is 15.0 Å². The van der Waals surface area contributed by atoms with E-state index in [1.807, 2.05) is 31.2 Å². The number of aromatic nitrogens is 1. The first-order valence-corrected chi connectivity index (χ1v) is 9.92. The summed E-state index contributed by atoms with van der Waals surface area (Å²) >= 11 is 0. The van der Waals surface area contributed by atoms with Crippen LogP contribution in [0.1, 0.15) is 30.3 Å². The summed E-state index contributed by atoms with van der Waals surface area (Å²) in [6, 6.07) is 12.7. The topological polar surface area (TPSA) is 87.8 Å². The van der Waals surface area contributed by atoms with Crippen LogP contribution in [0.5, 0.6) is 5.75 Å². The number of piperidine rings is 1. The standard InChI is InChI=1S/C23H25N3O4/c1-23(28)9-13-26(14-10-23)19-4-3-17(29-2)15-18(19)25-22(27)21-6-5-20(30-21)16-7-11-24-12-8-16/h3-8,11-12,15,28H,9-10,13-14H2,1-2H3,(H,25,27). The Morgan fingerprint density at radius 3 is 2.60 bits per heavy atom. The van der Waals surface area contributed by atoms with Crippen molar-refractivity contribution in [3.05, 3.63) is 60.6 Å². The molecule has 0 spiro atoms. The number of pyridine rings is 1. The third-order valence-corrected chi connectivity index (χ3v) is 5.43. The number of aliphatic hydroxyl groups is 1. The molecule has 0 saturated carbocycles. The summed E-state index contributed by atoms with van der Waals surface area (Å²) in [4.78, 5) is 19.0. The minimum absolute atomic E-state index is 0.220. The van der Waals surface area contributed by atoms with Crippen LogP contribution in [-0.4, -0.2) is 41.8 Å². The Balaban J connectivity index is 1.56. The van der Waals surface area contributed by atoms with E-state index in [4.69, 9.17) is 9.15 Å². The van der Waals surface area contributed by atoms with Gasteiger partial charge in [-0.2, -0.15) is 0 Å². The van der Waals surface area contributed by atoms with Crippen molar-refractivity contribution in [2.24, 2.45) is 0 Å². The van der Waals surface area contributed by atoms with E-state index in [0.29, 0.717) is 43.1 Å². The molecule has 2 N–H and O–H groups in total. The number of nitrogens with zero attached hydrogens (tertiary/aromatic N) is 2. The van der Waals surface area contributed by atoms with E-state index < -0.39 is 5.60 Å². The molecule has 1 aliphatic rings. The Morgan fingerprint density at radius 2 is 1.90 bits per heavy atom. The zero-order chi connectivity index (χ0) is 21.1. The van der Waals surface area contributed by atoms with Gasteiger partial charge in [0.15, 0.2) is 5.76 Å². The Kier molecular flexibility index (Phi) is 5.46. The highest BCUT2D eigenvalue weighted by Gasteiger charge is 2.28. The van der Waals surface area contributed by atoms with Gasteiger partial charge in [0.05, 0.1) is 24.1 Å². The van der Waals surface area contributed by atoms with E-state index in [1.165, 1.54) is 0 Å². The summed E-state index contributed by atoms with van der Waals surface area (Å²) in [6.45, 7) is 3.27. The van der Waals surface area contributed by atoms with Gasteiger partial charge in [0.1, 0.15) is 11.5 Å². The Hall–Kier alpha value is -3.32. The van der Waals surface area contributed by atoms with Crippen LogP contribution in [-0.2, 0) is 0 Å². The molecule has 2 aromatic heterocycles. The molecule has 156 valence electrons. The molecule has 7 heteroatoms. The Morgan fingerprint density at radius 1 is 1.17 bits per heavy atom. The van der Waals surface area contributed by atoms with Crippen molar-refractivity contribution in [3.63, 3.8) is 0 Å². The van der Waals surface area contributed by atoms with Crippen molar-refractivity contribution < 1.29 is 19.1 Å². The van der Waals surface area contributed by atoms with Crippen molar-refractivity contribution in [1.29, 1.82) is 0 Å². The lowest BCUT2D eigenvalue weighted by atomic mass is 9.93. The van der Waals surface area contributed by atoms with Gasteiger partial charge in [-0.05, 0) is 56.2 Å². The van der Waals surface area contributed by atoms with Crippen molar-refractivity contribution in [1.82, 2.24) is 4.98 Å². The van der Waals surface area contributed by atoms with Crippen LogP contribution in [0.25, 0.3) is 11.3 Å². The van der Waals surface area contributed by atoms with Gasteiger partial charge in [-0.25, -0.2) is 0 Å². The van der Waals surface area contributed by atoms with E-state index in [1.54, 1.807) is 37.7 Å². The maximum Gasteiger partial charge on any atom is 0.291 e. The van der Waals surface area contributed by atoms with Crippen molar-refractivity contribution in [3.8, 4) is 17.1 Å². The first-order chi connectivity index (χ1) is 14.4. The molecular formula is C23H25N3O4. The normalized spacial score (nSPS) is 15.6. The highest BCUT2D eigenvalue weighted by Crippen LogP contribution is 2.34. The first-order valence-electron chi connectivity index (χ1n) is 9.92. The predicted octanol–water partition coefficient (Wildman–Crippen LogP) is 3.95. The van der Waals surface area contributed by atoms with Gasteiger partial charge in [-0.1, -0.05) is 0 Å². The second kappa shape index (κ2) is 8.20. The molecule has 0 aliphatic carbocycles. The summed E-state index contributed by atoms with van der Waals surface area (Å²) in [5.41, 5.74) is 1.74. The summed E-state index contributed by atoms with van der Waals surface area (Å²) in [6.07, 6.45) is 4.69. The van der Waals surface area contributed by atoms with Gasteiger partial charge in [-0.15, -0.1) is 0 Å². The number of methoxy groups -OCH3 is 1. The van der Waals surface area contributed by atoms with Crippen LogP contribution in [0.3, 0.4) is 0 Å². The fraction of sp³-hybridized carbons (Fsp3) is 0.304. The second-order valence-electron chi connectivity index (χ2n) is 7.72. The monoisotopic (exact) mass is 407 g/mol. The Bertz CT molecular complexity index is 1020. The molecule has 4 rings (SSSR count). The quantitative estimate of drug-likeness (QED) is 0.666.